The van der Waals surface area contributed by atoms with Gasteiger partial charge in [-0.3, -0.25) is 18.9 Å². The summed E-state index contributed by atoms with van der Waals surface area (Å²) in [5.74, 6) is 1.73. The molecule has 0 N–H and O–H groups in total. The third-order valence-corrected chi connectivity index (χ3v) is 8.32. The maximum Gasteiger partial charge on any atom is 0.267 e. The average molecular weight is 551 g/mol. The Morgan fingerprint density at radius 3 is 2.58 bits per heavy atom. The number of thiocarbonyl (C=S) groups is 1. The van der Waals surface area contributed by atoms with E-state index in [0.29, 0.717) is 50.7 Å². The van der Waals surface area contributed by atoms with Crippen LogP contribution in [0.25, 0.3) is 11.7 Å². The van der Waals surface area contributed by atoms with Crippen molar-refractivity contribution in [3.63, 3.8) is 0 Å². The number of aryl methyl sites for hydroxylation is 1. The van der Waals surface area contributed by atoms with Crippen molar-refractivity contribution in [1.29, 1.82) is 0 Å². The number of carbonyl (C=O) groups excluding carboxylic acids is 1. The number of fused-ring (bicyclic) bond motifs is 1. The Balaban J connectivity index is 1.46. The van der Waals surface area contributed by atoms with E-state index < -0.39 is 0 Å². The van der Waals surface area contributed by atoms with Crippen molar-refractivity contribution in [1.82, 2.24) is 14.3 Å². The molecule has 3 aromatic rings. The summed E-state index contributed by atoms with van der Waals surface area (Å²) in [6, 6.07) is 9.49. The number of benzene rings is 1. The molecule has 0 unspecified atom stereocenters. The highest BCUT2D eigenvalue weighted by atomic mass is 32.2. The molecule has 0 bridgehead atoms. The zero-order valence-electron chi connectivity index (χ0n) is 21.7. The Kier molecular flexibility index (Phi) is 7.71. The molecular weight excluding hydrogens is 520 g/mol. The second kappa shape index (κ2) is 11.2. The summed E-state index contributed by atoms with van der Waals surface area (Å²) >= 11 is 6.80. The van der Waals surface area contributed by atoms with Crippen molar-refractivity contribution in [2.45, 2.75) is 32.6 Å². The molecule has 1 aromatic carbocycles. The van der Waals surface area contributed by atoms with E-state index in [4.69, 9.17) is 26.7 Å². The maximum atomic E-state index is 13.7. The molecule has 8 nitrogen and oxygen atoms in total. The number of nitrogens with zero attached hydrogens (tertiary/aromatic N) is 4. The first-order chi connectivity index (χ1) is 18.4. The van der Waals surface area contributed by atoms with Crippen LogP contribution >= 0.6 is 24.0 Å². The lowest BCUT2D eigenvalue weighted by Gasteiger charge is -2.29. The van der Waals surface area contributed by atoms with Crippen molar-refractivity contribution < 1.29 is 14.3 Å². The largest absolute Gasteiger partial charge is 0.493 e. The third kappa shape index (κ3) is 5.02. The Bertz CT molecular complexity index is 1490. The predicted molar refractivity (Wildman–Crippen MR) is 155 cm³/mol. The Morgan fingerprint density at radius 2 is 1.84 bits per heavy atom. The highest BCUT2D eigenvalue weighted by molar-refractivity contribution is 8.26. The SMILES string of the molecule is COc1ccc(CCN2C(=O)C(=Cc3c(N4CCCCC4)nc4c(C)cccn4c3=O)SC2=S)cc1OC. The second-order valence-electron chi connectivity index (χ2n) is 9.36. The van der Waals surface area contributed by atoms with Gasteiger partial charge in [-0.05, 0) is 68.0 Å². The van der Waals surface area contributed by atoms with Crippen LogP contribution in [0.3, 0.4) is 0 Å². The first kappa shape index (κ1) is 26.2. The van der Waals surface area contributed by atoms with Crippen LogP contribution in [0.5, 0.6) is 11.5 Å². The van der Waals surface area contributed by atoms with Crippen molar-refractivity contribution in [3.05, 3.63) is 68.5 Å². The predicted octanol–water partition coefficient (Wildman–Crippen LogP) is 4.45. The van der Waals surface area contributed by atoms with E-state index in [1.807, 2.05) is 37.3 Å². The molecule has 0 saturated carbocycles. The number of hydrogen-bond acceptors (Lipinski definition) is 8. The molecule has 4 heterocycles. The van der Waals surface area contributed by atoms with Gasteiger partial charge in [-0.15, -0.1) is 0 Å². The number of ether oxygens (including phenoxy) is 2. The smallest absolute Gasteiger partial charge is 0.267 e. The number of hydrogen-bond donors (Lipinski definition) is 0. The normalized spacial score (nSPS) is 17.1. The molecule has 0 aliphatic carbocycles. The van der Waals surface area contributed by atoms with E-state index in [9.17, 15) is 9.59 Å². The van der Waals surface area contributed by atoms with Gasteiger partial charge in [0.15, 0.2) is 11.5 Å². The molecule has 0 radical (unpaired) electrons. The monoisotopic (exact) mass is 550 g/mol. The molecule has 38 heavy (non-hydrogen) atoms. The molecule has 2 saturated heterocycles. The molecule has 1 amide bonds. The summed E-state index contributed by atoms with van der Waals surface area (Å²) in [6.07, 6.45) is 7.26. The van der Waals surface area contributed by atoms with E-state index in [-0.39, 0.29) is 11.5 Å². The minimum absolute atomic E-state index is 0.185. The molecule has 0 spiro atoms. The van der Waals surface area contributed by atoms with Gasteiger partial charge in [-0.25, -0.2) is 4.98 Å². The van der Waals surface area contributed by atoms with Gasteiger partial charge in [-0.2, -0.15) is 0 Å². The Hall–Kier alpha value is -3.37. The minimum atomic E-state index is -0.196. The molecule has 2 aliphatic heterocycles. The lowest BCUT2D eigenvalue weighted by atomic mass is 10.1. The van der Waals surface area contributed by atoms with Crippen LogP contribution < -0.4 is 19.9 Å². The molecule has 10 heteroatoms. The molecule has 5 rings (SSSR count). The Morgan fingerprint density at radius 1 is 1.08 bits per heavy atom. The van der Waals surface area contributed by atoms with Crippen LogP contribution in [0.15, 0.2) is 46.2 Å². The van der Waals surface area contributed by atoms with Gasteiger partial charge in [-0.1, -0.05) is 36.1 Å². The van der Waals surface area contributed by atoms with Gasteiger partial charge >= 0.3 is 0 Å². The van der Waals surface area contributed by atoms with Gasteiger partial charge in [0.1, 0.15) is 15.8 Å². The van der Waals surface area contributed by atoms with E-state index in [1.165, 1.54) is 11.8 Å². The van der Waals surface area contributed by atoms with Crippen LogP contribution in [-0.2, 0) is 11.2 Å². The highest BCUT2D eigenvalue weighted by Gasteiger charge is 2.33. The summed E-state index contributed by atoms with van der Waals surface area (Å²) in [6.45, 7) is 4.04. The van der Waals surface area contributed by atoms with Gasteiger partial charge in [0.25, 0.3) is 11.5 Å². The number of rotatable bonds is 7. The lowest BCUT2D eigenvalue weighted by molar-refractivity contribution is -0.122. The van der Waals surface area contributed by atoms with Gasteiger partial charge in [0, 0.05) is 25.8 Å². The van der Waals surface area contributed by atoms with Crippen molar-refractivity contribution in [2.24, 2.45) is 0 Å². The number of carbonyl (C=O) groups is 1. The number of methoxy groups -OCH3 is 2. The van der Waals surface area contributed by atoms with E-state index >= 15 is 0 Å². The molecule has 2 aliphatic rings. The van der Waals surface area contributed by atoms with E-state index in [2.05, 4.69) is 4.90 Å². The van der Waals surface area contributed by atoms with Crippen LogP contribution in [-0.4, -0.2) is 58.4 Å². The summed E-state index contributed by atoms with van der Waals surface area (Å²) in [4.78, 5) is 36.3. The van der Waals surface area contributed by atoms with Gasteiger partial charge in [0.05, 0.1) is 24.7 Å². The minimum Gasteiger partial charge on any atom is -0.493 e. The fraction of sp³-hybridized carbons (Fsp3) is 0.357. The number of anilines is 1. The molecule has 0 atom stereocenters. The third-order valence-electron chi connectivity index (χ3n) is 6.94. The van der Waals surface area contributed by atoms with Crippen LogP contribution in [0, 0.1) is 6.92 Å². The molecule has 2 fully saturated rings. The van der Waals surface area contributed by atoms with E-state index in [0.717, 1.165) is 43.5 Å². The first-order valence-corrected chi connectivity index (χ1v) is 13.9. The zero-order valence-corrected chi connectivity index (χ0v) is 23.4. The number of pyridine rings is 1. The first-order valence-electron chi connectivity index (χ1n) is 12.6. The van der Waals surface area contributed by atoms with Crippen LogP contribution in [0.2, 0.25) is 0 Å². The fourth-order valence-electron chi connectivity index (χ4n) is 4.87. The standard InChI is InChI=1S/C28H30N4O4S2/c1-18-8-7-14-31-24(18)29-25(30-12-5-4-6-13-30)20(26(31)33)17-23-27(34)32(28(37)38-23)15-11-19-9-10-21(35-2)22(16-19)36-3/h7-10,14,16-17H,4-6,11-13,15H2,1-3H3. The molecule has 2 aromatic heterocycles. The quantitative estimate of drug-likeness (QED) is 0.316. The average Bonchev–Trinajstić information content (AvgIpc) is 3.21. The highest BCUT2D eigenvalue weighted by Crippen LogP contribution is 2.34. The van der Waals surface area contributed by atoms with Gasteiger partial charge in [0.2, 0.25) is 0 Å². The van der Waals surface area contributed by atoms with Crippen LogP contribution in [0.4, 0.5) is 5.82 Å². The van der Waals surface area contributed by atoms with Crippen molar-refractivity contribution in [2.75, 3.05) is 38.8 Å². The number of piperidine rings is 1. The molecule has 198 valence electrons. The molecular formula is C28H30N4O4S2. The summed E-state index contributed by atoms with van der Waals surface area (Å²) < 4.78 is 12.8. The van der Waals surface area contributed by atoms with Crippen molar-refractivity contribution in [3.8, 4) is 11.5 Å². The summed E-state index contributed by atoms with van der Waals surface area (Å²) in [5, 5.41) is 0. The maximum absolute atomic E-state index is 13.7. The fourth-order valence-corrected chi connectivity index (χ4v) is 6.16. The summed E-state index contributed by atoms with van der Waals surface area (Å²) in [7, 11) is 3.19. The zero-order chi connectivity index (χ0) is 26.8. The van der Waals surface area contributed by atoms with Gasteiger partial charge < -0.3 is 14.4 Å². The van der Waals surface area contributed by atoms with Crippen molar-refractivity contribution >= 4 is 51.7 Å². The topological polar surface area (TPSA) is 76.4 Å². The number of thioether (sulfide) groups is 1. The summed E-state index contributed by atoms with van der Waals surface area (Å²) in [5.41, 5.74) is 2.80. The number of amides is 1. The second-order valence-corrected chi connectivity index (χ2v) is 11.0. The number of aromatic nitrogens is 2. The Labute approximate surface area is 231 Å². The van der Waals surface area contributed by atoms with E-state index in [1.54, 1.807) is 35.8 Å². The van der Waals surface area contributed by atoms with Crippen LogP contribution in [0.1, 0.15) is 36.0 Å². The lowest BCUT2D eigenvalue weighted by Crippen LogP contribution is -2.34.